The predicted octanol–water partition coefficient (Wildman–Crippen LogP) is 4.19. The van der Waals surface area contributed by atoms with Crippen LogP contribution in [0, 0.1) is 24.0 Å². The molecule has 11 heteroatoms. The van der Waals surface area contributed by atoms with E-state index in [2.05, 4.69) is 43.5 Å². The van der Waals surface area contributed by atoms with E-state index in [1.54, 1.807) is 31.4 Å². The number of nitrogens with one attached hydrogen (secondary N) is 1. The number of aromatic nitrogens is 1. The van der Waals surface area contributed by atoms with E-state index in [1.165, 1.54) is 0 Å². The first-order valence-electron chi connectivity index (χ1n) is 12.2. The molecule has 0 bridgehead atoms. The predicted molar refractivity (Wildman–Crippen MR) is 145 cm³/mol. The van der Waals surface area contributed by atoms with Crippen LogP contribution < -0.4 is 5.32 Å². The quantitative estimate of drug-likeness (QED) is 0.161. The van der Waals surface area contributed by atoms with Gasteiger partial charge in [0.1, 0.15) is 5.15 Å². The lowest BCUT2D eigenvalue weighted by atomic mass is 10.00. The smallest absolute Gasteiger partial charge is 0.260 e. The molecule has 0 unspecified atom stereocenters. The van der Waals surface area contributed by atoms with E-state index >= 15 is 0 Å². The number of nitrogens with zero attached hydrogens (tertiary/aromatic N) is 5. The van der Waals surface area contributed by atoms with Crippen LogP contribution in [0.1, 0.15) is 53.4 Å². The molecule has 0 spiro atoms. The fraction of sp³-hybridized carbons (Fsp3) is 0.560. The molecule has 1 fully saturated rings. The van der Waals surface area contributed by atoms with Crippen molar-refractivity contribution in [1.29, 1.82) is 0 Å². The topological polar surface area (TPSA) is 104 Å². The number of aliphatic imine (C=N–C) groups is 1. The normalized spacial score (nSPS) is 16.1. The van der Waals surface area contributed by atoms with Crippen LogP contribution in [0.4, 0.5) is 0 Å². The largest absolute Gasteiger partial charge is 0.352 e. The molecule has 1 aliphatic heterocycles. The van der Waals surface area contributed by atoms with Crippen molar-refractivity contribution in [1.82, 2.24) is 20.1 Å². The number of amides is 1. The highest BCUT2D eigenvalue weighted by Crippen LogP contribution is 2.23. The van der Waals surface area contributed by atoms with Crippen LogP contribution in [0.15, 0.2) is 27.9 Å². The van der Waals surface area contributed by atoms with Crippen molar-refractivity contribution in [3.8, 4) is 0 Å². The van der Waals surface area contributed by atoms with Gasteiger partial charge in [0.05, 0.1) is 11.3 Å². The molecule has 2 aromatic heterocycles. The Morgan fingerprint density at radius 1 is 1.42 bits per heavy atom. The van der Waals surface area contributed by atoms with Gasteiger partial charge in [-0.1, -0.05) is 11.6 Å². The minimum absolute atomic E-state index is 0.124. The Morgan fingerprint density at radius 2 is 2.14 bits per heavy atom. The van der Waals surface area contributed by atoms with E-state index in [0.717, 1.165) is 43.5 Å². The Kier molecular flexibility index (Phi) is 10.2. The lowest BCUT2D eigenvalue weighted by Crippen LogP contribution is -2.50. The third-order valence-corrected chi connectivity index (χ3v) is 7.72. The number of nitro groups is 1. The summed E-state index contributed by atoms with van der Waals surface area (Å²) in [7, 11) is 1.63. The van der Waals surface area contributed by atoms with Crippen LogP contribution in [-0.2, 0) is 6.54 Å². The van der Waals surface area contributed by atoms with Crippen LogP contribution in [0.3, 0.4) is 0 Å². The monoisotopic (exact) mass is 534 g/mol. The van der Waals surface area contributed by atoms with Crippen molar-refractivity contribution in [3.05, 3.63) is 60.5 Å². The van der Waals surface area contributed by atoms with E-state index < -0.39 is 0 Å². The molecule has 3 heterocycles. The molecular formula is C25H35ClN6O3S. The molecule has 3 rings (SSSR count). The van der Waals surface area contributed by atoms with Crippen molar-refractivity contribution in [2.24, 2.45) is 4.99 Å². The zero-order valence-corrected chi connectivity index (χ0v) is 22.9. The second kappa shape index (κ2) is 13.1. The molecule has 0 aliphatic carbocycles. The Labute approximate surface area is 221 Å². The first kappa shape index (κ1) is 28.0. The zero-order valence-electron chi connectivity index (χ0n) is 21.4. The number of hydrogen-bond donors (Lipinski definition) is 1. The third-order valence-electron chi connectivity index (χ3n) is 6.80. The highest BCUT2D eigenvalue weighted by atomic mass is 35.5. The number of hydrogen-bond acceptors (Lipinski definition) is 7. The summed E-state index contributed by atoms with van der Waals surface area (Å²) in [5, 5.41) is 18.8. The van der Waals surface area contributed by atoms with Crippen LogP contribution >= 0.6 is 22.9 Å². The second-order valence-corrected chi connectivity index (χ2v) is 10.4. The molecule has 2 aromatic rings. The number of pyridine rings is 1. The molecule has 0 radical (unpaired) electrons. The lowest BCUT2D eigenvalue weighted by molar-refractivity contribution is -0.464. The summed E-state index contributed by atoms with van der Waals surface area (Å²) in [5.41, 5.74) is 3.19. The standard InChI is InChI=1S/C25H35ClN6O3S/c1-17-13-22(26)29-19(3)24(17)25(33)28-9-5-18(2)30-10-6-21(7-11-30)31(14-20-8-12-36-16-20)23(27-4)15-32(34)35/h8,12-13,16,18,21H,5-7,9-11,14-15H2,1-4H3,(H,28,33)/t18-/m1/s1. The summed E-state index contributed by atoms with van der Waals surface area (Å²) < 4.78 is 0. The third kappa shape index (κ3) is 7.47. The van der Waals surface area contributed by atoms with Crippen LogP contribution in [0.25, 0.3) is 0 Å². The highest BCUT2D eigenvalue weighted by molar-refractivity contribution is 7.07. The molecule has 0 aromatic carbocycles. The Hall–Kier alpha value is -2.56. The van der Waals surface area contributed by atoms with Gasteiger partial charge in [0.15, 0.2) is 5.84 Å². The van der Waals surface area contributed by atoms with Crippen LogP contribution in [0.2, 0.25) is 5.15 Å². The molecule has 1 N–H and O–H groups in total. The summed E-state index contributed by atoms with van der Waals surface area (Å²) in [5.74, 6) is 0.406. The van der Waals surface area contributed by atoms with Gasteiger partial charge in [-0.05, 0) is 74.1 Å². The summed E-state index contributed by atoms with van der Waals surface area (Å²) in [6, 6.07) is 4.28. The van der Waals surface area contributed by atoms with Crippen molar-refractivity contribution < 1.29 is 9.72 Å². The number of amidine groups is 1. The highest BCUT2D eigenvalue weighted by Gasteiger charge is 2.30. The number of aryl methyl sites for hydroxylation is 2. The first-order valence-corrected chi connectivity index (χ1v) is 13.5. The fourth-order valence-electron chi connectivity index (χ4n) is 4.85. The van der Waals surface area contributed by atoms with Gasteiger partial charge in [0, 0.05) is 50.2 Å². The SMILES string of the molecule is CN=C(C[N+](=O)[O-])N(Cc1ccsc1)C1CCN([C@H](C)CCNC(=O)c2c(C)cc(Cl)nc2C)CC1. The summed E-state index contributed by atoms with van der Waals surface area (Å²) in [6.07, 6.45) is 2.65. The van der Waals surface area contributed by atoms with Gasteiger partial charge in [-0.25, -0.2) is 4.98 Å². The number of carbonyl (C=O) groups excluding carboxylic acids is 1. The second-order valence-electron chi connectivity index (χ2n) is 9.27. The first-order chi connectivity index (χ1) is 17.2. The fourth-order valence-corrected chi connectivity index (χ4v) is 5.80. The van der Waals surface area contributed by atoms with Gasteiger partial charge < -0.3 is 15.1 Å². The molecule has 0 saturated carbocycles. The molecule has 1 atom stereocenters. The van der Waals surface area contributed by atoms with Crippen molar-refractivity contribution in [3.63, 3.8) is 0 Å². The van der Waals surface area contributed by atoms with Gasteiger partial charge in [-0.15, -0.1) is 0 Å². The van der Waals surface area contributed by atoms with Gasteiger partial charge in [0.2, 0.25) is 0 Å². The van der Waals surface area contributed by atoms with Gasteiger partial charge in [-0.3, -0.25) is 19.9 Å². The lowest BCUT2D eigenvalue weighted by Gasteiger charge is -2.41. The number of rotatable bonds is 10. The minimum Gasteiger partial charge on any atom is -0.352 e. The molecule has 9 nitrogen and oxygen atoms in total. The van der Waals surface area contributed by atoms with Crippen molar-refractivity contribution >= 4 is 34.7 Å². The average molecular weight is 535 g/mol. The summed E-state index contributed by atoms with van der Waals surface area (Å²) in [6.45, 7) is 8.58. The maximum absolute atomic E-state index is 12.7. The van der Waals surface area contributed by atoms with Crippen LogP contribution in [0.5, 0.6) is 0 Å². The van der Waals surface area contributed by atoms with Gasteiger partial charge in [-0.2, -0.15) is 11.3 Å². The maximum atomic E-state index is 12.7. The molecular weight excluding hydrogens is 500 g/mol. The Morgan fingerprint density at radius 3 is 2.72 bits per heavy atom. The number of halogens is 1. The van der Waals surface area contributed by atoms with E-state index in [4.69, 9.17) is 11.6 Å². The van der Waals surface area contributed by atoms with E-state index in [1.807, 2.05) is 12.3 Å². The average Bonchev–Trinajstić information content (AvgIpc) is 3.34. The number of thiophene rings is 1. The van der Waals surface area contributed by atoms with E-state index in [-0.39, 0.29) is 23.4 Å². The number of carbonyl (C=O) groups is 1. The van der Waals surface area contributed by atoms with E-state index in [9.17, 15) is 14.9 Å². The van der Waals surface area contributed by atoms with E-state index in [0.29, 0.717) is 41.4 Å². The van der Waals surface area contributed by atoms with Gasteiger partial charge in [0.25, 0.3) is 12.5 Å². The minimum atomic E-state index is -0.308. The Balaban J connectivity index is 1.53. The molecule has 1 aliphatic rings. The molecule has 196 valence electrons. The van der Waals surface area contributed by atoms with Crippen LogP contribution in [-0.4, -0.2) is 76.8 Å². The zero-order chi connectivity index (χ0) is 26.2. The van der Waals surface area contributed by atoms with Gasteiger partial charge >= 0.3 is 0 Å². The molecule has 1 amide bonds. The molecule has 36 heavy (non-hydrogen) atoms. The number of likely N-dealkylation sites (tertiary alicyclic amines) is 1. The number of piperidine rings is 1. The summed E-state index contributed by atoms with van der Waals surface area (Å²) in [4.78, 5) is 36.7. The Bertz CT molecular complexity index is 1050. The molecule has 1 saturated heterocycles. The maximum Gasteiger partial charge on any atom is 0.260 e. The summed E-state index contributed by atoms with van der Waals surface area (Å²) >= 11 is 7.61. The van der Waals surface area contributed by atoms with Crippen molar-refractivity contribution in [2.45, 2.75) is 58.7 Å². The van der Waals surface area contributed by atoms with Crippen molar-refractivity contribution in [2.75, 3.05) is 33.2 Å².